The quantitative estimate of drug-likeness (QED) is 0.796. The molecule has 0 saturated carbocycles. The largest absolute Gasteiger partial charge is 0.481 e. The monoisotopic (exact) mass is 269 g/mol. The summed E-state index contributed by atoms with van der Waals surface area (Å²) in [6, 6.07) is 7.42. The number of carbonyl (C=O) groups is 2. The van der Waals surface area contributed by atoms with Gasteiger partial charge in [-0.05, 0) is 37.0 Å². The van der Waals surface area contributed by atoms with Crippen LogP contribution in [0, 0.1) is 5.92 Å². The Hall–Kier alpha value is -1.55. The third kappa shape index (κ3) is 5.19. The molecule has 5 heteroatoms. The van der Waals surface area contributed by atoms with Crippen molar-refractivity contribution in [2.45, 2.75) is 25.7 Å². The summed E-state index contributed by atoms with van der Waals surface area (Å²) in [4.78, 5) is 21.6. The van der Waals surface area contributed by atoms with Gasteiger partial charge >= 0.3 is 5.97 Å². The van der Waals surface area contributed by atoms with Crippen LogP contribution in [0.3, 0.4) is 0 Å². The average Bonchev–Trinajstić information content (AvgIpc) is 2.29. The second-order valence-electron chi connectivity index (χ2n) is 4.22. The number of benzene rings is 1. The van der Waals surface area contributed by atoms with Gasteiger partial charge in [0.15, 0.2) is 0 Å². The zero-order valence-electron chi connectivity index (χ0n) is 9.93. The van der Waals surface area contributed by atoms with E-state index in [-0.39, 0.29) is 6.42 Å². The Kier molecular flexibility index (Phi) is 5.65. The highest BCUT2D eigenvalue weighted by molar-refractivity contribution is 6.30. The highest BCUT2D eigenvalue weighted by atomic mass is 35.5. The van der Waals surface area contributed by atoms with E-state index in [1.165, 1.54) is 0 Å². The number of halogens is 1. The number of amides is 1. The first-order valence-electron chi connectivity index (χ1n) is 5.74. The zero-order chi connectivity index (χ0) is 13.5. The minimum absolute atomic E-state index is 0.101. The fourth-order valence-electron chi connectivity index (χ4n) is 1.76. The maximum absolute atomic E-state index is 10.9. The van der Waals surface area contributed by atoms with Crippen molar-refractivity contribution in [1.29, 1.82) is 0 Å². The molecule has 0 spiro atoms. The highest BCUT2D eigenvalue weighted by Crippen LogP contribution is 2.16. The standard InChI is InChI=1S/C13H16ClNO3/c14-11-6-4-9(5-7-11)2-1-3-10(13(17)18)8-12(15)16/h4-7,10H,1-3,8H2,(H2,15,16)(H,17,18)/t10-/m1/s1. The van der Waals surface area contributed by atoms with E-state index in [2.05, 4.69) is 0 Å². The Labute approximate surface area is 111 Å². The molecule has 0 bridgehead atoms. The summed E-state index contributed by atoms with van der Waals surface area (Å²) in [6.45, 7) is 0. The number of hydrogen-bond donors (Lipinski definition) is 2. The van der Waals surface area contributed by atoms with E-state index >= 15 is 0 Å². The molecule has 1 atom stereocenters. The van der Waals surface area contributed by atoms with Crippen LogP contribution in [0.1, 0.15) is 24.8 Å². The summed E-state index contributed by atoms with van der Waals surface area (Å²) in [5.74, 6) is -2.23. The van der Waals surface area contributed by atoms with E-state index in [4.69, 9.17) is 22.4 Å². The molecule has 0 aliphatic rings. The summed E-state index contributed by atoms with van der Waals surface area (Å²) in [5, 5.41) is 9.61. The molecule has 0 aliphatic carbocycles. The normalized spacial score (nSPS) is 12.1. The van der Waals surface area contributed by atoms with Gasteiger partial charge in [0.05, 0.1) is 5.92 Å². The van der Waals surface area contributed by atoms with E-state index in [1.54, 1.807) is 12.1 Å². The van der Waals surface area contributed by atoms with Crippen molar-refractivity contribution < 1.29 is 14.7 Å². The smallest absolute Gasteiger partial charge is 0.307 e. The number of carbonyl (C=O) groups excluding carboxylic acids is 1. The Balaban J connectivity index is 2.41. The van der Waals surface area contributed by atoms with Crippen LogP contribution in [0.2, 0.25) is 5.02 Å². The Bertz CT molecular complexity index is 417. The molecule has 3 N–H and O–H groups in total. The molecule has 1 aromatic rings. The van der Waals surface area contributed by atoms with Crippen LogP contribution in [0.4, 0.5) is 0 Å². The topological polar surface area (TPSA) is 80.4 Å². The molecule has 1 rings (SSSR count). The van der Waals surface area contributed by atoms with Gasteiger partial charge < -0.3 is 10.8 Å². The lowest BCUT2D eigenvalue weighted by Crippen LogP contribution is -2.22. The molecule has 0 aliphatic heterocycles. The number of primary amides is 1. The van der Waals surface area contributed by atoms with Crippen molar-refractivity contribution >= 4 is 23.5 Å². The van der Waals surface area contributed by atoms with Crippen LogP contribution in [0.25, 0.3) is 0 Å². The third-order valence-electron chi connectivity index (χ3n) is 2.73. The van der Waals surface area contributed by atoms with Crippen LogP contribution in [0.15, 0.2) is 24.3 Å². The Morgan fingerprint density at radius 2 is 1.89 bits per heavy atom. The number of aryl methyl sites for hydroxylation is 1. The number of hydrogen-bond acceptors (Lipinski definition) is 2. The van der Waals surface area contributed by atoms with Crippen molar-refractivity contribution in [2.75, 3.05) is 0 Å². The van der Waals surface area contributed by atoms with Crippen molar-refractivity contribution in [1.82, 2.24) is 0 Å². The predicted molar refractivity (Wildman–Crippen MR) is 69.3 cm³/mol. The molecular formula is C13H16ClNO3. The lowest BCUT2D eigenvalue weighted by molar-refractivity contribution is -0.144. The summed E-state index contributed by atoms with van der Waals surface area (Å²) in [5.41, 5.74) is 6.11. The SMILES string of the molecule is NC(=O)C[C@@H](CCCc1ccc(Cl)cc1)C(=O)O. The van der Waals surface area contributed by atoms with Gasteiger partial charge in [-0.15, -0.1) is 0 Å². The highest BCUT2D eigenvalue weighted by Gasteiger charge is 2.19. The van der Waals surface area contributed by atoms with Gasteiger partial charge in [0, 0.05) is 11.4 Å². The Morgan fingerprint density at radius 1 is 1.28 bits per heavy atom. The van der Waals surface area contributed by atoms with Gasteiger partial charge in [-0.1, -0.05) is 23.7 Å². The summed E-state index contributed by atoms with van der Waals surface area (Å²) in [6.07, 6.45) is 1.81. The fourth-order valence-corrected chi connectivity index (χ4v) is 1.89. The van der Waals surface area contributed by atoms with Gasteiger partial charge in [-0.25, -0.2) is 0 Å². The van der Waals surface area contributed by atoms with Crippen molar-refractivity contribution in [2.24, 2.45) is 11.7 Å². The zero-order valence-corrected chi connectivity index (χ0v) is 10.7. The third-order valence-corrected chi connectivity index (χ3v) is 2.98. The Morgan fingerprint density at radius 3 is 2.39 bits per heavy atom. The minimum atomic E-state index is -0.968. The van der Waals surface area contributed by atoms with E-state index in [0.29, 0.717) is 17.9 Å². The number of aliphatic carboxylic acids is 1. The molecule has 4 nitrogen and oxygen atoms in total. The van der Waals surface area contributed by atoms with E-state index in [9.17, 15) is 9.59 Å². The van der Waals surface area contributed by atoms with E-state index < -0.39 is 17.8 Å². The molecule has 0 aromatic heterocycles. The number of carboxylic acids is 1. The molecule has 0 radical (unpaired) electrons. The molecule has 0 fully saturated rings. The average molecular weight is 270 g/mol. The fraction of sp³-hybridized carbons (Fsp3) is 0.385. The second kappa shape index (κ2) is 7.01. The van der Waals surface area contributed by atoms with Crippen LogP contribution in [-0.4, -0.2) is 17.0 Å². The lowest BCUT2D eigenvalue weighted by atomic mass is 9.96. The molecule has 18 heavy (non-hydrogen) atoms. The van der Waals surface area contributed by atoms with Crippen LogP contribution in [0.5, 0.6) is 0 Å². The van der Waals surface area contributed by atoms with Crippen LogP contribution in [-0.2, 0) is 16.0 Å². The van der Waals surface area contributed by atoms with Gasteiger partial charge in [0.2, 0.25) is 5.91 Å². The number of rotatable bonds is 7. The summed E-state index contributed by atoms with van der Waals surface area (Å²) in [7, 11) is 0. The summed E-state index contributed by atoms with van der Waals surface area (Å²) < 4.78 is 0. The van der Waals surface area contributed by atoms with Crippen molar-refractivity contribution in [3.05, 3.63) is 34.9 Å². The molecule has 98 valence electrons. The van der Waals surface area contributed by atoms with E-state index in [1.807, 2.05) is 12.1 Å². The number of nitrogens with two attached hydrogens (primary N) is 1. The lowest BCUT2D eigenvalue weighted by Gasteiger charge is -2.09. The second-order valence-corrected chi connectivity index (χ2v) is 4.66. The minimum Gasteiger partial charge on any atom is -0.481 e. The molecule has 0 heterocycles. The number of carboxylic acid groups (broad SMARTS) is 1. The van der Waals surface area contributed by atoms with Gasteiger partial charge in [0.25, 0.3) is 0 Å². The maximum Gasteiger partial charge on any atom is 0.307 e. The maximum atomic E-state index is 10.9. The molecule has 0 unspecified atom stereocenters. The van der Waals surface area contributed by atoms with Crippen molar-refractivity contribution in [3.63, 3.8) is 0 Å². The van der Waals surface area contributed by atoms with Gasteiger partial charge in [0.1, 0.15) is 0 Å². The van der Waals surface area contributed by atoms with Crippen molar-refractivity contribution in [3.8, 4) is 0 Å². The first kappa shape index (κ1) is 14.5. The van der Waals surface area contributed by atoms with Crippen LogP contribution < -0.4 is 5.73 Å². The molecule has 1 aromatic carbocycles. The first-order chi connectivity index (χ1) is 8.49. The molecular weight excluding hydrogens is 254 g/mol. The predicted octanol–water partition coefficient (Wildman–Crippen LogP) is 2.24. The van der Waals surface area contributed by atoms with Gasteiger partial charge in [-0.2, -0.15) is 0 Å². The van der Waals surface area contributed by atoms with Crippen LogP contribution >= 0.6 is 11.6 Å². The first-order valence-corrected chi connectivity index (χ1v) is 6.12. The van der Waals surface area contributed by atoms with E-state index in [0.717, 1.165) is 12.0 Å². The van der Waals surface area contributed by atoms with Gasteiger partial charge in [-0.3, -0.25) is 9.59 Å². The molecule has 0 saturated heterocycles. The summed E-state index contributed by atoms with van der Waals surface area (Å²) >= 11 is 5.77. The molecule has 1 amide bonds.